The number of hydrogen-bond acceptors (Lipinski definition) is 3. The molecule has 4 rings (SSSR count). The van der Waals surface area contributed by atoms with Crippen molar-refractivity contribution in [2.24, 2.45) is 0 Å². The van der Waals surface area contributed by atoms with Crippen molar-refractivity contribution in [3.05, 3.63) is 65.5 Å². The van der Waals surface area contributed by atoms with E-state index in [-0.39, 0.29) is 0 Å². The van der Waals surface area contributed by atoms with Crippen LogP contribution in [0.1, 0.15) is 48.9 Å². The molecule has 0 radical (unpaired) electrons. The van der Waals surface area contributed by atoms with Crippen molar-refractivity contribution in [3.63, 3.8) is 0 Å². The average Bonchev–Trinajstić information content (AvgIpc) is 2.57. The maximum absolute atomic E-state index is 11.4. The molecule has 3 nitrogen and oxygen atoms in total. The van der Waals surface area contributed by atoms with Gasteiger partial charge in [0.05, 0.1) is 5.69 Å². The Morgan fingerprint density at radius 2 is 1.83 bits per heavy atom. The lowest BCUT2D eigenvalue weighted by atomic mass is 9.73. The molecule has 0 saturated carbocycles. The number of aromatic nitrogens is 1. The number of nitrogens with zero attached hydrogens (tertiary/aromatic N) is 2. The zero-order valence-corrected chi connectivity index (χ0v) is 14.4. The predicted molar refractivity (Wildman–Crippen MR) is 95.5 cm³/mol. The molecule has 2 atom stereocenters. The van der Waals surface area contributed by atoms with Crippen molar-refractivity contribution in [2.45, 2.75) is 63.3 Å². The van der Waals surface area contributed by atoms with Gasteiger partial charge in [0.15, 0.2) is 0 Å². The largest absolute Gasteiger partial charge is 0.383 e. The molecule has 0 aliphatic carbocycles. The van der Waals surface area contributed by atoms with Crippen LogP contribution in [-0.4, -0.2) is 27.1 Å². The lowest BCUT2D eigenvalue weighted by molar-refractivity contribution is -0.102. The Morgan fingerprint density at radius 1 is 1.12 bits per heavy atom. The number of aryl methyl sites for hydroxylation is 1. The summed E-state index contributed by atoms with van der Waals surface area (Å²) >= 11 is 0. The molecule has 126 valence electrons. The molecule has 0 spiro atoms. The lowest BCUT2D eigenvalue weighted by Crippen LogP contribution is -2.56. The Bertz CT molecular complexity index is 686. The van der Waals surface area contributed by atoms with Gasteiger partial charge in [-0.15, -0.1) is 0 Å². The normalized spacial score (nSPS) is 30.2. The first kappa shape index (κ1) is 15.8. The van der Waals surface area contributed by atoms with Gasteiger partial charge < -0.3 is 5.11 Å². The smallest absolute Gasteiger partial charge is 0.109 e. The third-order valence-electron chi connectivity index (χ3n) is 5.76. The van der Waals surface area contributed by atoms with Crippen LogP contribution in [0, 0.1) is 6.92 Å². The first-order valence-corrected chi connectivity index (χ1v) is 9.09. The number of hydrogen-bond donors (Lipinski definition) is 1. The molecule has 2 aromatic rings. The van der Waals surface area contributed by atoms with Crippen LogP contribution in [0.3, 0.4) is 0 Å². The fraction of sp³-hybridized carbons (Fsp3) is 0.476. The second-order valence-corrected chi connectivity index (χ2v) is 7.55. The molecule has 0 amide bonds. The summed E-state index contributed by atoms with van der Waals surface area (Å²) in [5.41, 5.74) is 2.63. The summed E-state index contributed by atoms with van der Waals surface area (Å²) in [6, 6.07) is 15.7. The van der Waals surface area contributed by atoms with Crippen LogP contribution < -0.4 is 0 Å². The quantitative estimate of drug-likeness (QED) is 0.934. The van der Waals surface area contributed by atoms with E-state index in [1.807, 2.05) is 12.3 Å². The van der Waals surface area contributed by atoms with Crippen LogP contribution in [0.5, 0.6) is 0 Å². The summed E-state index contributed by atoms with van der Waals surface area (Å²) in [7, 11) is 0. The van der Waals surface area contributed by atoms with Crippen LogP contribution in [0.25, 0.3) is 0 Å². The molecule has 2 aliphatic heterocycles. The Kier molecular flexibility index (Phi) is 4.15. The van der Waals surface area contributed by atoms with Crippen molar-refractivity contribution in [1.29, 1.82) is 0 Å². The number of piperidine rings is 2. The zero-order valence-electron chi connectivity index (χ0n) is 14.4. The van der Waals surface area contributed by atoms with E-state index in [2.05, 4.69) is 53.2 Å². The molecule has 1 aromatic heterocycles. The highest BCUT2D eigenvalue weighted by Gasteiger charge is 2.46. The van der Waals surface area contributed by atoms with E-state index in [4.69, 9.17) is 0 Å². The molecular weight excluding hydrogens is 296 g/mol. The molecule has 1 aromatic carbocycles. The third kappa shape index (κ3) is 2.99. The molecule has 2 unspecified atom stereocenters. The van der Waals surface area contributed by atoms with E-state index in [0.717, 1.165) is 25.1 Å². The first-order chi connectivity index (χ1) is 11.6. The van der Waals surface area contributed by atoms with Gasteiger partial charge in [0.1, 0.15) is 5.60 Å². The molecular formula is C21H26N2O. The van der Waals surface area contributed by atoms with Gasteiger partial charge in [0, 0.05) is 24.8 Å². The van der Waals surface area contributed by atoms with E-state index in [1.54, 1.807) is 0 Å². The second-order valence-electron chi connectivity index (χ2n) is 7.55. The Balaban J connectivity index is 1.58. The predicted octanol–water partition coefficient (Wildman–Crippen LogP) is 3.79. The Labute approximate surface area is 144 Å². The van der Waals surface area contributed by atoms with Gasteiger partial charge >= 0.3 is 0 Å². The summed E-state index contributed by atoms with van der Waals surface area (Å²) in [5, 5.41) is 11.4. The molecule has 2 fully saturated rings. The van der Waals surface area contributed by atoms with E-state index < -0.39 is 5.60 Å². The molecule has 2 bridgehead atoms. The van der Waals surface area contributed by atoms with E-state index in [1.165, 1.54) is 30.4 Å². The zero-order chi connectivity index (χ0) is 16.6. The summed E-state index contributed by atoms with van der Waals surface area (Å²) in [4.78, 5) is 7.13. The molecule has 24 heavy (non-hydrogen) atoms. The van der Waals surface area contributed by atoms with Gasteiger partial charge in [-0.3, -0.25) is 9.88 Å². The number of benzene rings is 1. The number of aliphatic hydroxyl groups is 1. The lowest BCUT2D eigenvalue weighted by Gasteiger charge is -2.52. The van der Waals surface area contributed by atoms with Crippen molar-refractivity contribution < 1.29 is 5.11 Å². The summed E-state index contributed by atoms with van der Waals surface area (Å²) in [6.07, 6.45) is 7.06. The maximum atomic E-state index is 11.4. The fourth-order valence-corrected chi connectivity index (χ4v) is 4.57. The average molecular weight is 322 g/mol. The maximum Gasteiger partial charge on any atom is 0.109 e. The molecule has 3 heterocycles. The van der Waals surface area contributed by atoms with Crippen molar-refractivity contribution >= 4 is 0 Å². The monoisotopic (exact) mass is 322 g/mol. The van der Waals surface area contributed by atoms with Crippen molar-refractivity contribution in [3.8, 4) is 0 Å². The standard InChI is InChI=1S/C21H26N2O/c1-16-10-11-22-20(12-16)21(24)13-18-8-5-9-19(14-21)23(18)15-17-6-3-2-4-7-17/h2-4,6-7,10-12,18-19,24H,5,8-9,13-15H2,1H3. The SMILES string of the molecule is Cc1ccnc(C2(O)CC3CCCC(C2)N3Cc2ccccc2)c1. The number of pyridine rings is 1. The summed E-state index contributed by atoms with van der Waals surface area (Å²) in [5.74, 6) is 0. The van der Waals surface area contributed by atoms with Crippen LogP contribution in [-0.2, 0) is 12.1 Å². The van der Waals surface area contributed by atoms with Crippen LogP contribution in [0.2, 0.25) is 0 Å². The van der Waals surface area contributed by atoms with Crippen LogP contribution in [0.4, 0.5) is 0 Å². The van der Waals surface area contributed by atoms with Crippen molar-refractivity contribution in [1.82, 2.24) is 9.88 Å². The highest BCUT2D eigenvalue weighted by molar-refractivity contribution is 5.23. The number of rotatable bonds is 3. The number of fused-ring (bicyclic) bond motifs is 2. The molecule has 1 N–H and O–H groups in total. The Morgan fingerprint density at radius 3 is 2.50 bits per heavy atom. The Hall–Kier alpha value is -1.71. The highest BCUT2D eigenvalue weighted by atomic mass is 16.3. The van der Waals surface area contributed by atoms with Gasteiger partial charge in [-0.05, 0) is 55.9 Å². The minimum atomic E-state index is -0.769. The van der Waals surface area contributed by atoms with E-state index in [0.29, 0.717) is 12.1 Å². The highest BCUT2D eigenvalue weighted by Crippen LogP contribution is 2.44. The molecule has 2 saturated heterocycles. The fourth-order valence-electron chi connectivity index (χ4n) is 4.57. The van der Waals surface area contributed by atoms with Crippen LogP contribution in [0.15, 0.2) is 48.7 Å². The minimum absolute atomic E-state index is 0.449. The second kappa shape index (κ2) is 6.30. The topological polar surface area (TPSA) is 36.4 Å². The van der Waals surface area contributed by atoms with Gasteiger partial charge in [-0.1, -0.05) is 36.8 Å². The minimum Gasteiger partial charge on any atom is -0.383 e. The van der Waals surface area contributed by atoms with E-state index in [9.17, 15) is 5.11 Å². The molecule has 3 heteroatoms. The van der Waals surface area contributed by atoms with E-state index >= 15 is 0 Å². The first-order valence-electron chi connectivity index (χ1n) is 9.09. The van der Waals surface area contributed by atoms with Crippen molar-refractivity contribution in [2.75, 3.05) is 0 Å². The van der Waals surface area contributed by atoms with Gasteiger partial charge in [-0.2, -0.15) is 0 Å². The summed E-state index contributed by atoms with van der Waals surface area (Å²) < 4.78 is 0. The van der Waals surface area contributed by atoms with Gasteiger partial charge in [-0.25, -0.2) is 0 Å². The van der Waals surface area contributed by atoms with Gasteiger partial charge in [0.2, 0.25) is 0 Å². The summed E-state index contributed by atoms with van der Waals surface area (Å²) in [6.45, 7) is 3.06. The van der Waals surface area contributed by atoms with Crippen LogP contribution >= 0.6 is 0 Å². The van der Waals surface area contributed by atoms with Gasteiger partial charge in [0.25, 0.3) is 0 Å². The third-order valence-corrected chi connectivity index (χ3v) is 5.76. The molecule has 2 aliphatic rings.